The Balaban J connectivity index is 1.80. The van der Waals surface area contributed by atoms with Crippen LogP contribution in [0, 0.1) is 0 Å². The normalized spacial score (nSPS) is 22.2. The second kappa shape index (κ2) is 5.95. The molecule has 0 aliphatic carbocycles. The Bertz CT molecular complexity index is 453. The van der Waals surface area contributed by atoms with Gasteiger partial charge in [-0.3, -0.25) is 14.9 Å². The summed E-state index contributed by atoms with van der Waals surface area (Å²) in [6, 6.07) is 8.72. The van der Waals surface area contributed by atoms with E-state index in [1.807, 2.05) is 6.07 Å². The summed E-state index contributed by atoms with van der Waals surface area (Å²) in [4.78, 5) is 23.5. The van der Waals surface area contributed by atoms with Crippen molar-refractivity contribution in [3.8, 4) is 0 Å². The third kappa shape index (κ3) is 3.87. The lowest BCUT2D eigenvalue weighted by molar-refractivity contribution is -0.119. The summed E-state index contributed by atoms with van der Waals surface area (Å²) < 4.78 is 0. The molecule has 0 aromatic heterocycles. The molecule has 1 heterocycles. The van der Waals surface area contributed by atoms with E-state index in [-0.39, 0.29) is 23.9 Å². The summed E-state index contributed by atoms with van der Waals surface area (Å²) in [5, 5.41) is 8.81. The van der Waals surface area contributed by atoms with E-state index >= 15 is 0 Å². The molecule has 1 atom stereocenters. The van der Waals surface area contributed by atoms with E-state index in [1.165, 1.54) is 0 Å². The second-order valence-corrected chi connectivity index (χ2v) is 5.08. The molecule has 0 saturated carbocycles. The van der Waals surface area contributed by atoms with E-state index in [9.17, 15) is 9.59 Å². The minimum absolute atomic E-state index is 0.0624. The Morgan fingerprint density at radius 2 is 2.05 bits per heavy atom. The molecule has 0 radical (unpaired) electrons. The SMILES string of the molecule is CC1(NCC(=O)NC(=O)c2ccccc2)CCNC1. The van der Waals surface area contributed by atoms with Crippen molar-refractivity contribution in [2.24, 2.45) is 0 Å². The van der Waals surface area contributed by atoms with Gasteiger partial charge in [0.05, 0.1) is 6.54 Å². The molecule has 1 aliphatic rings. The van der Waals surface area contributed by atoms with Crippen molar-refractivity contribution in [3.63, 3.8) is 0 Å². The van der Waals surface area contributed by atoms with Crippen LogP contribution in [0.1, 0.15) is 23.7 Å². The Kier molecular flexibility index (Phi) is 4.29. The summed E-state index contributed by atoms with van der Waals surface area (Å²) in [6.07, 6.45) is 0.979. The molecular formula is C14H19N3O2. The molecule has 1 aromatic carbocycles. The molecule has 1 fully saturated rings. The lowest BCUT2D eigenvalue weighted by atomic mass is 10.0. The molecule has 2 amide bonds. The molecule has 5 nitrogen and oxygen atoms in total. The summed E-state index contributed by atoms with van der Waals surface area (Å²) in [7, 11) is 0. The average Bonchev–Trinajstić information content (AvgIpc) is 2.85. The van der Waals surface area contributed by atoms with Gasteiger partial charge in [-0.25, -0.2) is 0 Å². The number of benzene rings is 1. The maximum absolute atomic E-state index is 11.8. The number of hydrogen-bond donors (Lipinski definition) is 3. The fourth-order valence-corrected chi connectivity index (χ4v) is 2.09. The van der Waals surface area contributed by atoms with E-state index in [4.69, 9.17) is 0 Å². The molecule has 1 aromatic rings. The van der Waals surface area contributed by atoms with Crippen LogP contribution in [0.3, 0.4) is 0 Å². The minimum atomic E-state index is -0.359. The lowest BCUT2D eigenvalue weighted by Crippen LogP contribution is -2.49. The summed E-state index contributed by atoms with van der Waals surface area (Å²) >= 11 is 0. The Morgan fingerprint density at radius 3 is 2.68 bits per heavy atom. The highest BCUT2D eigenvalue weighted by Crippen LogP contribution is 2.12. The first-order chi connectivity index (χ1) is 9.09. The molecule has 2 rings (SSSR count). The van der Waals surface area contributed by atoms with Crippen LogP contribution in [-0.4, -0.2) is 37.0 Å². The third-order valence-electron chi connectivity index (χ3n) is 3.33. The molecule has 1 saturated heterocycles. The lowest BCUT2D eigenvalue weighted by Gasteiger charge is -2.23. The molecule has 5 heteroatoms. The van der Waals surface area contributed by atoms with Crippen molar-refractivity contribution in [2.45, 2.75) is 18.9 Å². The van der Waals surface area contributed by atoms with Gasteiger partial charge in [-0.15, -0.1) is 0 Å². The molecule has 0 bridgehead atoms. The molecule has 102 valence electrons. The molecule has 0 spiro atoms. The van der Waals surface area contributed by atoms with Crippen molar-refractivity contribution in [1.82, 2.24) is 16.0 Å². The van der Waals surface area contributed by atoms with E-state index in [2.05, 4.69) is 22.9 Å². The van der Waals surface area contributed by atoms with Gasteiger partial charge < -0.3 is 10.6 Å². The Morgan fingerprint density at radius 1 is 1.32 bits per heavy atom. The van der Waals surface area contributed by atoms with Gasteiger partial charge in [-0.2, -0.15) is 0 Å². The van der Waals surface area contributed by atoms with Gasteiger partial charge in [0.2, 0.25) is 5.91 Å². The van der Waals surface area contributed by atoms with Gasteiger partial charge >= 0.3 is 0 Å². The number of imide groups is 1. The molecule has 1 unspecified atom stereocenters. The highest BCUT2D eigenvalue weighted by Gasteiger charge is 2.28. The zero-order valence-corrected chi connectivity index (χ0v) is 11.0. The average molecular weight is 261 g/mol. The van der Waals surface area contributed by atoms with Crippen LogP contribution >= 0.6 is 0 Å². The van der Waals surface area contributed by atoms with Gasteiger partial charge in [0.1, 0.15) is 0 Å². The maximum Gasteiger partial charge on any atom is 0.257 e. The van der Waals surface area contributed by atoms with Gasteiger partial charge in [-0.1, -0.05) is 18.2 Å². The minimum Gasteiger partial charge on any atom is -0.315 e. The van der Waals surface area contributed by atoms with Crippen LogP contribution < -0.4 is 16.0 Å². The first-order valence-electron chi connectivity index (χ1n) is 6.44. The predicted octanol–water partition coefficient (Wildman–Crippen LogP) is 0.285. The molecule has 19 heavy (non-hydrogen) atoms. The summed E-state index contributed by atoms with van der Waals surface area (Å²) in [6.45, 7) is 4.01. The largest absolute Gasteiger partial charge is 0.315 e. The van der Waals surface area contributed by atoms with E-state index in [0.717, 1.165) is 19.5 Å². The van der Waals surface area contributed by atoms with Crippen molar-refractivity contribution in [3.05, 3.63) is 35.9 Å². The predicted molar refractivity (Wildman–Crippen MR) is 72.8 cm³/mol. The first-order valence-corrected chi connectivity index (χ1v) is 6.44. The Hall–Kier alpha value is -1.72. The fourth-order valence-electron chi connectivity index (χ4n) is 2.09. The van der Waals surface area contributed by atoms with Gasteiger partial charge in [0.15, 0.2) is 0 Å². The van der Waals surface area contributed by atoms with Crippen LogP contribution in [-0.2, 0) is 4.79 Å². The number of carbonyl (C=O) groups excluding carboxylic acids is 2. The topological polar surface area (TPSA) is 70.2 Å². The number of amides is 2. The highest BCUT2D eigenvalue weighted by molar-refractivity contribution is 6.05. The van der Waals surface area contributed by atoms with Crippen molar-refractivity contribution < 1.29 is 9.59 Å². The summed E-state index contributed by atoms with van der Waals surface area (Å²) in [5.41, 5.74) is 0.428. The van der Waals surface area contributed by atoms with Crippen molar-refractivity contribution in [2.75, 3.05) is 19.6 Å². The monoisotopic (exact) mass is 261 g/mol. The number of hydrogen-bond acceptors (Lipinski definition) is 4. The molecule has 3 N–H and O–H groups in total. The van der Waals surface area contributed by atoms with E-state index < -0.39 is 0 Å². The van der Waals surface area contributed by atoms with Gasteiger partial charge in [0, 0.05) is 17.6 Å². The number of nitrogens with one attached hydrogen (secondary N) is 3. The van der Waals surface area contributed by atoms with Crippen molar-refractivity contribution >= 4 is 11.8 Å². The molecule has 1 aliphatic heterocycles. The van der Waals surface area contributed by atoms with Gasteiger partial charge in [0.25, 0.3) is 5.91 Å². The van der Waals surface area contributed by atoms with Crippen LogP contribution in [0.15, 0.2) is 30.3 Å². The van der Waals surface area contributed by atoms with E-state index in [1.54, 1.807) is 24.3 Å². The highest BCUT2D eigenvalue weighted by atomic mass is 16.2. The van der Waals surface area contributed by atoms with Crippen molar-refractivity contribution in [1.29, 1.82) is 0 Å². The van der Waals surface area contributed by atoms with Crippen LogP contribution in [0.5, 0.6) is 0 Å². The Labute approximate surface area is 112 Å². The first kappa shape index (κ1) is 13.7. The van der Waals surface area contributed by atoms with Gasteiger partial charge in [-0.05, 0) is 32.0 Å². The zero-order chi connectivity index (χ0) is 13.7. The fraction of sp³-hybridized carbons (Fsp3) is 0.429. The maximum atomic E-state index is 11.8. The quantitative estimate of drug-likeness (QED) is 0.728. The van der Waals surface area contributed by atoms with Crippen LogP contribution in [0.4, 0.5) is 0 Å². The van der Waals surface area contributed by atoms with E-state index in [0.29, 0.717) is 5.56 Å². The third-order valence-corrected chi connectivity index (χ3v) is 3.33. The zero-order valence-electron chi connectivity index (χ0n) is 11.0. The summed E-state index contributed by atoms with van der Waals surface area (Å²) in [5.74, 6) is -0.663. The standard InChI is InChI=1S/C14H19N3O2/c1-14(7-8-15-10-14)16-9-12(18)17-13(19)11-5-3-2-4-6-11/h2-6,15-16H,7-10H2,1H3,(H,17,18,19). The smallest absolute Gasteiger partial charge is 0.257 e. The van der Waals surface area contributed by atoms with Crippen LogP contribution in [0.25, 0.3) is 0 Å². The second-order valence-electron chi connectivity index (χ2n) is 5.08. The van der Waals surface area contributed by atoms with Crippen LogP contribution in [0.2, 0.25) is 0 Å². The number of rotatable bonds is 4. The molecular weight excluding hydrogens is 242 g/mol. The number of carbonyl (C=O) groups is 2.